The number of halogens is 2. The maximum absolute atomic E-state index is 13.6. The van der Waals surface area contributed by atoms with Gasteiger partial charge in [-0.15, -0.1) is 0 Å². The van der Waals surface area contributed by atoms with E-state index in [4.69, 9.17) is 0 Å². The zero-order valence-electron chi connectivity index (χ0n) is 14.5. The maximum Gasteiger partial charge on any atom is 0.261 e. The summed E-state index contributed by atoms with van der Waals surface area (Å²) in [6.07, 6.45) is 6.62. The number of hydrogen-bond donors (Lipinski definition) is 0. The van der Waals surface area contributed by atoms with Crippen molar-refractivity contribution in [3.8, 4) is 0 Å². The quantitative estimate of drug-likeness (QED) is 0.842. The highest BCUT2D eigenvalue weighted by Crippen LogP contribution is 2.28. The summed E-state index contributed by atoms with van der Waals surface area (Å²) in [5.41, 5.74) is 2.32. The average molecular weight is 350 g/mol. The van der Waals surface area contributed by atoms with Crippen molar-refractivity contribution in [2.45, 2.75) is 44.4 Å². The third-order valence-corrected chi connectivity index (χ3v) is 5.22. The Kier molecular flexibility index (Phi) is 4.33. The lowest BCUT2D eigenvalue weighted by molar-refractivity contribution is 0.00864. The van der Waals surface area contributed by atoms with E-state index in [1.165, 1.54) is 5.69 Å². The first kappa shape index (κ1) is 16.7. The molecule has 0 N–H and O–H groups in total. The zero-order chi connectivity index (χ0) is 17.4. The van der Waals surface area contributed by atoms with Gasteiger partial charge in [-0.25, -0.2) is 8.78 Å². The lowest BCUT2D eigenvalue weighted by Gasteiger charge is -2.32. The monoisotopic (exact) mass is 350 g/mol. The molecular formula is C17H24F2N6. The molecule has 136 valence electrons. The maximum atomic E-state index is 13.6. The molecule has 6 nitrogen and oxygen atoms in total. The van der Waals surface area contributed by atoms with Gasteiger partial charge in [0.2, 0.25) is 0 Å². The highest BCUT2D eigenvalue weighted by Gasteiger charge is 2.39. The molecule has 1 atom stereocenters. The van der Waals surface area contributed by atoms with E-state index >= 15 is 0 Å². The Hall–Kier alpha value is -1.80. The number of fused-ring (bicyclic) bond motifs is 1. The number of hydrogen-bond acceptors (Lipinski definition) is 4. The van der Waals surface area contributed by atoms with Gasteiger partial charge in [0.05, 0.1) is 18.4 Å². The van der Waals surface area contributed by atoms with E-state index in [2.05, 4.69) is 15.1 Å². The van der Waals surface area contributed by atoms with Crippen LogP contribution in [0.3, 0.4) is 0 Å². The summed E-state index contributed by atoms with van der Waals surface area (Å²) in [6, 6.07) is 2.28. The number of likely N-dealkylation sites (tertiary alicyclic amines) is 1. The fraction of sp³-hybridized carbons (Fsp3) is 0.647. The van der Waals surface area contributed by atoms with Crippen LogP contribution in [0.2, 0.25) is 0 Å². The molecule has 4 rings (SSSR count). The summed E-state index contributed by atoms with van der Waals surface area (Å²) in [6.45, 7) is 3.43. The first-order chi connectivity index (χ1) is 12.0. The van der Waals surface area contributed by atoms with Gasteiger partial charge in [0.15, 0.2) is 0 Å². The van der Waals surface area contributed by atoms with E-state index in [0.717, 1.165) is 31.6 Å². The molecule has 0 aliphatic carbocycles. The average Bonchev–Trinajstić information content (AvgIpc) is 3.22. The summed E-state index contributed by atoms with van der Waals surface area (Å²) in [5.74, 6) is -2.54. The largest absolute Gasteiger partial charge is 0.296 e. The fourth-order valence-corrected chi connectivity index (χ4v) is 3.93. The van der Waals surface area contributed by atoms with E-state index in [0.29, 0.717) is 13.1 Å². The second kappa shape index (κ2) is 6.49. The summed E-state index contributed by atoms with van der Waals surface area (Å²) in [4.78, 5) is 4.29. The molecule has 0 unspecified atom stereocenters. The van der Waals surface area contributed by atoms with Gasteiger partial charge in [0.25, 0.3) is 5.92 Å². The molecule has 0 bridgehead atoms. The molecule has 2 aliphatic heterocycles. The minimum atomic E-state index is -2.54. The second-order valence-corrected chi connectivity index (χ2v) is 7.26. The highest BCUT2D eigenvalue weighted by molar-refractivity contribution is 5.07. The minimum absolute atomic E-state index is 0.0239. The van der Waals surface area contributed by atoms with Crippen LogP contribution < -0.4 is 0 Å². The Labute approximate surface area is 146 Å². The normalized spacial score (nSPS) is 24.4. The zero-order valence-corrected chi connectivity index (χ0v) is 14.5. The van der Waals surface area contributed by atoms with Crippen LogP contribution in [0.15, 0.2) is 24.7 Å². The van der Waals surface area contributed by atoms with Gasteiger partial charge < -0.3 is 0 Å². The molecular weight excluding hydrogens is 326 g/mol. The topological polar surface area (TPSA) is 42.1 Å². The molecule has 1 saturated heterocycles. The molecule has 1 fully saturated rings. The number of rotatable bonds is 4. The predicted octanol–water partition coefficient (Wildman–Crippen LogP) is 1.73. The Balaban J connectivity index is 1.51. The van der Waals surface area contributed by atoms with E-state index in [-0.39, 0.29) is 19.0 Å². The fourth-order valence-electron chi connectivity index (χ4n) is 3.93. The van der Waals surface area contributed by atoms with Crippen LogP contribution in [-0.4, -0.2) is 61.0 Å². The van der Waals surface area contributed by atoms with Crippen LogP contribution in [0.4, 0.5) is 8.78 Å². The van der Waals surface area contributed by atoms with Crippen molar-refractivity contribution in [3.63, 3.8) is 0 Å². The Bertz CT molecular complexity index is 724. The Morgan fingerprint density at radius 2 is 2.16 bits per heavy atom. The summed E-state index contributed by atoms with van der Waals surface area (Å²) >= 11 is 0. The number of aryl methyl sites for hydroxylation is 2. The summed E-state index contributed by atoms with van der Waals surface area (Å²) in [7, 11) is 1.91. The summed E-state index contributed by atoms with van der Waals surface area (Å²) in [5, 5.41) is 8.64. The third-order valence-electron chi connectivity index (χ3n) is 5.22. The Morgan fingerprint density at radius 1 is 1.28 bits per heavy atom. The first-order valence-electron chi connectivity index (χ1n) is 8.81. The molecule has 25 heavy (non-hydrogen) atoms. The summed E-state index contributed by atoms with van der Waals surface area (Å²) < 4.78 is 31.0. The number of alkyl halides is 2. The van der Waals surface area contributed by atoms with Gasteiger partial charge in [-0.2, -0.15) is 10.2 Å². The minimum Gasteiger partial charge on any atom is -0.296 e. The van der Waals surface area contributed by atoms with Crippen molar-refractivity contribution in [2.75, 3.05) is 19.6 Å². The molecule has 4 heterocycles. The highest BCUT2D eigenvalue weighted by atomic mass is 19.3. The van der Waals surface area contributed by atoms with Crippen LogP contribution in [0, 0.1) is 0 Å². The van der Waals surface area contributed by atoms with Crippen molar-refractivity contribution >= 4 is 0 Å². The molecule has 2 aromatic rings. The molecule has 0 radical (unpaired) electrons. The van der Waals surface area contributed by atoms with Gasteiger partial charge in [0, 0.05) is 70.2 Å². The van der Waals surface area contributed by atoms with Gasteiger partial charge in [-0.05, 0) is 12.5 Å². The molecule has 2 aliphatic rings. The lowest BCUT2D eigenvalue weighted by Crippen LogP contribution is -2.42. The smallest absolute Gasteiger partial charge is 0.261 e. The molecule has 2 aromatic heterocycles. The van der Waals surface area contributed by atoms with Crippen LogP contribution >= 0.6 is 0 Å². The van der Waals surface area contributed by atoms with Crippen LogP contribution in [0.1, 0.15) is 24.1 Å². The van der Waals surface area contributed by atoms with Crippen LogP contribution in [0.25, 0.3) is 0 Å². The second-order valence-electron chi connectivity index (χ2n) is 7.26. The Morgan fingerprint density at radius 3 is 2.88 bits per heavy atom. The van der Waals surface area contributed by atoms with Crippen molar-refractivity contribution in [1.29, 1.82) is 0 Å². The molecule has 0 saturated carbocycles. The van der Waals surface area contributed by atoms with Gasteiger partial charge in [-0.3, -0.25) is 19.2 Å². The van der Waals surface area contributed by atoms with E-state index in [1.54, 1.807) is 4.68 Å². The first-order valence-corrected chi connectivity index (χ1v) is 8.81. The predicted molar refractivity (Wildman–Crippen MR) is 89.1 cm³/mol. The van der Waals surface area contributed by atoms with E-state index < -0.39 is 5.92 Å². The molecule has 0 aromatic carbocycles. The van der Waals surface area contributed by atoms with Crippen molar-refractivity contribution < 1.29 is 8.78 Å². The van der Waals surface area contributed by atoms with Crippen LogP contribution in [-0.2, 0) is 26.7 Å². The number of aromatic nitrogens is 4. The van der Waals surface area contributed by atoms with E-state index in [9.17, 15) is 8.78 Å². The third kappa shape index (κ3) is 3.74. The van der Waals surface area contributed by atoms with Crippen LogP contribution in [0.5, 0.6) is 0 Å². The van der Waals surface area contributed by atoms with Gasteiger partial charge >= 0.3 is 0 Å². The van der Waals surface area contributed by atoms with Gasteiger partial charge in [0.1, 0.15) is 0 Å². The molecule has 0 spiro atoms. The van der Waals surface area contributed by atoms with Crippen molar-refractivity contribution in [3.05, 3.63) is 35.9 Å². The lowest BCUT2D eigenvalue weighted by atomic mass is 10.1. The molecule has 0 amide bonds. The SMILES string of the molecule is Cn1cc(CN2Cc3ccnn3CC[C@H]2CN2CCC(F)(F)C2)cn1. The van der Waals surface area contributed by atoms with Crippen molar-refractivity contribution in [2.24, 2.45) is 7.05 Å². The standard InChI is InChI=1S/C17H24F2N6/c1-22-9-14(8-21-22)10-24-12-16-2-5-20-25(16)6-3-15(24)11-23-7-4-17(18,19)13-23/h2,5,8-9,15H,3-4,6-7,10-13H2,1H3/t15-/m0/s1. The van der Waals surface area contributed by atoms with Gasteiger partial charge in [-0.1, -0.05) is 0 Å². The number of nitrogens with zero attached hydrogens (tertiary/aromatic N) is 6. The molecule has 8 heteroatoms. The van der Waals surface area contributed by atoms with E-state index in [1.807, 2.05) is 41.3 Å². The van der Waals surface area contributed by atoms with Crippen molar-refractivity contribution in [1.82, 2.24) is 29.4 Å².